The molecule has 0 saturated carbocycles. The first-order valence-electron chi connectivity index (χ1n) is 8.55. The Morgan fingerprint density at radius 2 is 1.86 bits per heavy atom. The van der Waals surface area contributed by atoms with E-state index in [0.29, 0.717) is 12.0 Å². The van der Waals surface area contributed by atoms with E-state index in [1.54, 1.807) is 0 Å². The summed E-state index contributed by atoms with van der Waals surface area (Å²) in [4.78, 5) is 8.87. The van der Waals surface area contributed by atoms with E-state index in [-0.39, 0.29) is 0 Å². The summed E-state index contributed by atoms with van der Waals surface area (Å²) in [6.07, 6.45) is 3.49. The minimum Gasteiger partial charge on any atom is -0.346 e. The number of aromatic nitrogens is 1. The van der Waals surface area contributed by atoms with Crippen molar-refractivity contribution in [2.45, 2.75) is 79.3 Å². The molecule has 2 unspecified atom stereocenters. The van der Waals surface area contributed by atoms with E-state index >= 15 is 0 Å². The predicted octanol–water partition coefficient (Wildman–Crippen LogP) is 4.78. The van der Waals surface area contributed by atoms with Crippen molar-refractivity contribution < 1.29 is 0 Å². The van der Waals surface area contributed by atoms with Gasteiger partial charge in [0.15, 0.2) is 5.13 Å². The second-order valence-corrected chi connectivity index (χ2v) is 6.90. The van der Waals surface area contributed by atoms with Crippen molar-refractivity contribution in [3.8, 4) is 0 Å². The van der Waals surface area contributed by atoms with Crippen molar-refractivity contribution in [3.63, 3.8) is 0 Å². The molecule has 1 rings (SSSR count). The number of anilines is 1. The summed E-state index contributed by atoms with van der Waals surface area (Å²) in [5.74, 6) is 0.545. The first-order chi connectivity index (χ1) is 10.1. The Morgan fingerprint density at radius 1 is 1.14 bits per heavy atom. The van der Waals surface area contributed by atoms with Crippen LogP contribution < -0.4 is 10.2 Å². The SMILES string of the molecule is CCCNCc1sc(N(CC)C(C)CC)nc1C(C)CC. The maximum atomic E-state index is 5.00. The van der Waals surface area contributed by atoms with E-state index in [0.717, 1.165) is 32.5 Å². The van der Waals surface area contributed by atoms with Gasteiger partial charge in [0.05, 0.1) is 5.69 Å². The first kappa shape index (κ1) is 18.4. The zero-order valence-electron chi connectivity index (χ0n) is 14.7. The van der Waals surface area contributed by atoms with Gasteiger partial charge in [-0.15, -0.1) is 11.3 Å². The molecule has 2 atom stereocenters. The average molecular weight is 312 g/mol. The number of nitrogens with zero attached hydrogens (tertiary/aromatic N) is 2. The van der Waals surface area contributed by atoms with Gasteiger partial charge in [0.25, 0.3) is 0 Å². The molecule has 1 heterocycles. The van der Waals surface area contributed by atoms with Crippen LogP contribution in [0.5, 0.6) is 0 Å². The van der Waals surface area contributed by atoms with E-state index < -0.39 is 0 Å². The normalized spacial score (nSPS) is 14.2. The Labute approximate surface area is 135 Å². The first-order valence-corrected chi connectivity index (χ1v) is 9.37. The fourth-order valence-corrected chi connectivity index (χ4v) is 3.73. The highest BCUT2D eigenvalue weighted by atomic mass is 32.1. The molecule has 0 aromatic carbocycles. The number of hydrogen-bond acceptors (Lipinski definition) is 4. The summed E-state index contributed by atoms with van der Waals surface area (Å²) in [5, 5.41) is 4.74. The Kier molecular flexibility index (Phi) is 8.27. The molecule has 1 N–H and O–H groups in total. The van der Waals surface area contributed by atoms with Gasteiger partial charge in [0.1, 0.15) is 0 Å². The number of nitrogens with one attached hydrogen (secondary N) is 1. The lowest BCUT2D eigenvalue weighted by atomic mass is 10.0. The standard InChI is InChI=1S/C17H33N3S/c1-7-11-18-12-15-16(13(5)8-2)19-17(21-15)20(10-4)14(6)9-3/h13-14,18H,7-12H2,1-6H3. The largest absolute Gasteiger partial charge is 0.346 e. The lowest BCUT2D eigenvalue weighted by molar-refractivity contribution is 0.623. The molecule has 0 spiro atoms. The molecule has 0 bridgehead atoms. The third-order valence-electron chi connectivity index (χ3n) is 4.22. The van der Waals surface area contributed by atoms with Crippen LogP contribution >= 0.6 is 11.3 Å². The fourth-order valence-electron chi connectivity index (χ4n) is 2.41. The van der Waals surface area contributed by atoms with Gasteiger partial charge in [-0.25, -0.2) is 4.98 Å². The third kappa shape index (κ3) is 4.96. The molecule has 0 aliphatic rings. The molecule has 4 heteroatoms. The number of rotatable bonds is 10. The molecular weight excluding hydrogens is 278 g/mol. The average Bonchev–Trinajstić information content (AvgIpc) is 2.91. The maximum Gasteiger partial charge on any atom is 0.186 e. The van der Waals surface area contributed by atoms with Gasteiger partial charge in [0, 0.05) is 24.0 Å². The summed E-state index contributed by atoms with van der Waals surface area (Å²) < 4.78 is 0. The highest BCUT2D eigenvalue weighted by Gasteiger charge is 2.20. The van der Waals surface area contributed by atoms with Gasteiger partial charge in [-0.1, -0.05) is 27.7 Å². The molecule has 0 amide bonds. The van der Waals surface area contributed by atoms with Crippen molar-refractivity contribution in [2.75, 3.05) is 18.0 Å². The second kappa shape index (κ2) is 9.42. The van der Waals surface area contributed by atoms with Crippen molar-refractivity contribution in [3.05, 3.63) is 10.6 Å². The molecule has 3 nitrogen and oxygen atoms in total. The van der Waals surface area contributed by atoms with Gasteiger partial charge < -0.3 is 10.2 Å². The molecule has 1 aromatic heterocycles. The molecule has 21 heavy (non-hydrogen) atoms. The van der Waals surface area contributed by atoms with Crippen LogP contribution in [0.1, 0.15) is 77.3 Å². The van der Waals surface area contributed by atoms with Gasteiger partial charge >= 0.3 is 0 Å². The Hall–Kier alpha value is -0.610. The van der Waals surface area contributed by atoms with Crippen LogP contribution in [0, 0.1) is 0 Å². The molecule has 1 aromatic rings. The summed E-state index contributed by atoms with van der Waals surface area (Å²) in [6, 6.07) is 0.558. The van der Waals surface area contributed by atoms with E-state index in [4.69, 9.17) is 4.98 Å². The van der Waals surface area contributed by atoms with Crippen LogP contribution in [0.15, 0.2) is 0 Å². The van der Waals surface area contributed by atoms with E-state index in [9.17, 15) is 0 Å². The quantitative estimate of drug-likeness (QED) is 0.630. The maximum absolute atomic E-state index is 5.00. The minimum absolute atomic E-state index is 0.545. The third-order valence-corrected chi connectivity index (χ3v) is 5.33. The van der Waals surface area contributed by atoms with Crippen LogP contribution in [-0.4, -0.2) is 24.1 Å². The Balaban J connectivity index is 3.00. The van der Waals surface area contributed by atoms with E-state index in [1.165, 1.54) is 22.1 Å². The van der Waals surface area contributed by atoms with Crippen LogP contribution in [0.2, 0.25) is 0 Å². The highest BCUT2D eigenvalue weighted by molar-refractivity contribution is 7.15. The summed E-state index contributed by atoms with van der Waals surface area (Å²) in [7, 11) is 0. The van der Waals surface area contributed by atoms with Crippen molar-refractivity contribution >= 4 is 16.5 Å². The smallest absolute Gasteiger partial charge is 0.186 e. The van der Waals surface area contributed by atoms with Crippen LogP contribution in [0.3, 0.4) is 0 Å². The zero-order chi connectivity index (χ0) is 15.8. The second-order valence-electron chi connectivity index (χ2n) is 5.83. The zero-order valence-corrected chi connectivity index (χ0v) is 15.5. The lowest BCUT2D eigenvalue weighted by Crippen LogP contribution is -2.32. The molecule has 122 valence electrons. The number of thiazole rings is 1. The van der Waals surface area contributed by atoms with Crippen LogP contribution in [-0.2, 0) is 6.54 Å². The molecule has 0 aliphatic heterocycles. The Morgan fingerprint density at radius 3 is 2.38 bits per heavy atom. The van der Waals surface area contributed by atoms with E-state index in [1.807, 2.05) is 11.3 Å². The van der Waals surface area contributed by atoms with Crippen molar-refractivity contribution in [1.82, 2.24) is 10.3 Å². The number of hydrogen-bond donors (Lipinski definition) is 1. The topological polar surface area (TPSA) is 28.2 Å². The van der Waals surface area contributed by atoms with Crippen molar-refractivity contribution in [1.29, 1.82) is 0 Å². The molecule has 0 aliphatic carbocycles. The molecular formula is C17H33N3S. The predicted molar refractivity (Wildman–Crippen MR) is 95.6 cm³/mol. The van der Waals surface area contributed by atoms with E-state index in [2.05, 4.69) is 51.8 Å². The van der Waals surface area contributed by atoms with Gasteiger partial charge in [0.2, 0.25) is 0 Å². The van der Waals surface area contributed by atoms with Crippen LogP contribution in [0.25, 0.3) is 0 Å². The fraction of sp³-hybridized carbons (Fsp3) is 0.824. The summed E-state index contributed by atoms with van der Waals surface area (Å²) in [6.45, 7) is 16.6. The van der Waals surface area contributed by atoms with Gasteiger partial charge in [-0.05, 0) is 45.6 Å². The highest BCUT2D eigenvalue weighted by Crippen LogP contribution is 2.33. The summed E-state index contributed by atoms with van der Waals surface area (Å²) in [5.41, 5.74) is 1.31. The lowest BCUT2D eigenvalue weighted by Gasteiger charge is -2.26. The summed E-state index contributed by atoms with van der Waals surface area (Å²) >= 11 is 1.88. The minimum atomic E-state index is 0.545. The molecule has 0 saturated heterocycles. The molecule has 0 fully saturated rings. The monoisotopic (exact) mass is 311 g/mol. The molecule has 0 radical (unpaired) electrons. The van der Waals surface area contributed by atoms with Crippen molar-refractivity contribution in [2.24, 2.45) is 0 Å². The van der Waals surface area contributed by atoms with Gasteiger partial charge in [-0.3, -0.25) is 0 Å². The van der Waals surface area contributed by atoms with Crippen LogP contribution in [0.4, 0.5) is 5.13 Å². The van der Waals surface area contributed by atoms with Gasteiger partial charge in [-0.2, -0.15) is 0 Å². The Bertz CT molecular complexity index is 403.